The summed E-state index contributed by atoms with van der Waals surface area (Å²) < 4.78 is 38.9. The number of carbonyl (C=O) groups is 1. The van der Waals surface area contributed by atoms with Gasteiger partial charge in [-0.3, -0.25) is 9.78 Å². The van der Waals surface area contributed by atoms with E-state index < -0.39 is 11.7 Å². The highest BCUT2D eigenvalue weighted by Gasteiger charge is 2.31. The molecule has 0 radical (unpaired) electrons. The molecule has 30 heavy (non-hydrogen) atoms. The standard InChI is InChI=1S/C22H19ClF3N3O/c1-14-19(12-15-11-17(23)5-6-20(15)27-14)21(30)29-9-7-28(8-10-29)18-4-2-3-16(13-18)22(24,25)26/h2-6,11-13H,7-10H2,1H3. The summed E-state index contributed by atoms with van der Waals surface area (Å²) in [5, 5.41) is 1.36. The topological polar surface area (TPSA) is 36.4 Å². The summed E-state index contributed by atoms with van der Waals surface area (Å²) >= 11 is 6.05. The van der Waals surface area contributed by atoms with Gasteiger partial charge in [-0.25, -0.2) is 0 Å². The minimum Gasteiger partial charge on any atom is -0.368 e. The fraction of sp³-hybridized carbons (Fsp3) is 0.273. The van der Waals surface area contributed by atoms with E-state index in [1.807, 2.05) is 11.0 Å². The zero-order chi connectivity index (χ0) is 21.5. The van der Waals surface area contributed by atoms with Crippen molar-refractivity contribution < 1.29 is 18.0 Å². The van der Waals surface area contributed by atoms with Crippen LogP contribution in [-0.2, 0) is 6.18 Å². The van der Waals surface area contributed by atoms with Gasteiger partial charge in [-0.1, -0.05) is 17.7 Å². The predicted molar refractivity (Wildman–Crippen MR) is 111 cm³/mol. The van der Waals surface area contributed by atoms with Crippen molar-refractivity contribution in [2.75, 3.05) is 31.1 Å². The number of aryl methyl sites for hydroxylation is 1. The van der Waals surface area contributed by atoms with E-state index in [4.69, 9.17) is 11.6 Å². The van der Waals surface area contributed by atoms with Crippen LogP contribution in [-0.4, -0.2) is 42.0 Å². The highest BCUT2D eigenvalue weighted by molar-refractivity contribution is 6.31. The maximum Gasteiger partial charge on any atom is 0.416 e. The molecule has 2 heterocycles. The smallest absolute Gasteiger partial charge is 0.368 e. The molecule has 1 aliphatic rings. The van der Waals surface area contributed by atoms with Gasteiger partial charge in [-0.15, -0.1) is 0 Å². The lowest BCUT2D eigenvalue weighted by atomic mass is 10.1. The first-order valence-electron chi connectivity index (χ1n) is 9.51. The number of amides is 1. The Kier molecular flexibility index (Phi) is 5.32. The van der Waals surface area contributed by atoms with Crippen molar-refractivity contribution >= 4 is 34.1 Å². The van der Waals surface area contributed by atoms with Crippen molar-refractivity contribution in [3.63, 3.8) is 0 Å². The summed E-state index contributed by atoms with van der Waals surface area (Å²) in [6.45, 7) is 3.54. The van der Waals surface area contributed by atoms with Crippen LogP contribution in [0.4, 0.5) is 18.9 Å². The van der Waals surface area contributed by atoms with E-state index >= 15 is 0 Å². The molecule has 3 aromatic rings. The van der Waals surface area contributed by atoms with Crippen LogP contribution in [0.2, 0.25) is 5.02 Å². The van der Waals surface area contributed by atoms with Gasteiger partial charge in [0.1, 0.15) is 0 Å². The van der Waals surface area contributed by atoms with Gasteiger partial charge in [0.15, 0.2) is 0 Å². The molecule has 0 saturated carbocycles. The van der Waals surface area contributed by atoms with Crippen LogP contribution in [0.3, 0.4) is 0 Å². The summed E-state index contributed by atoms with van der Waals surface area (Å²) in [5.74, 6) is -0.134. The Balaban J connectivity index is 1.50. The summed E-state index contributed by atoms with van der Waals surface area (Å²) in [5.41, 5.74) is 1.75. The Hall–Kier alpha value is -2.80. The van der Waals surface area contributed by atoms with Gasteiger partial charge < -0.3 is 9.80 Å². The number of pyridine rings is 1. The van der Waals surface area contributed by atoms with Gasteiger partial charge >= 0.3 is 6.18 Å². The Labute approximate surface area is 176 Å². The first kappa shape index (κ1) is 20.5. The molecule has 4 nitrogen and oxygen atoms in total. The van der Waals surface area contributed by atoms with Crippen molar-refractivity contribution in [2.45, 2.75) is 13.1 Å². The number of fused-ring (bicyclic) bond motifs is 1. The molecule has 2 aromatic carbocycles. The maximum absolute atomic E-state index is 13.1. The average Bonchev–Trinajstić information content (AvgIpc) is 2.73. The second kappa shape index (κ2) is 7.80. The third-order valence-electron chi connectivity index (χ3n) is 5.30. The second-order valence-electron chi connectivity index (χ2n) is 7.29. The molecule has 1 fully saturated rings. The Morgan fingerprint density at radius 2 is 1.77 bits per heavy atom. The van der Waals surface area contributed by atoms with Gasteiger partial charge in [-0.05, 0) is 49.4 Å². The quantitative estimate of drug-likeness (QED) is 0.559. The molecule has 0 aliphatic carbocycles. The van der Waals surface area contributed by atoms with Crippen molar-refractivity contribution in [1.82, 2.24) is 9.88 Å². The normalized spacial score (nSPS) is 15.0. The minimum atomic E-state index is -4.38. The van der Waals surface area contributed by atoms with Crippen LogP contribution in [0, 0.1) is 6.92 Å². The maximum atomic E-state index is 13.1. The number of hydrogen-bond donors (Lipinski definition) is 0. The van der Waals surface area contributed by atoms with Crippen LogP contribution in [0.25, 0.3) is 10.9 Å². The van der Waals surface area contributed by atoms with Gasteiger partial charge in [-0.2, -0.15) is 13.2 Å². The fourth-order valence-electron chi connectivity index (χ4n) is 3.68. The highest BCUT2D eigenvalue weighted by atomic mass is 35.5. The highest BCUT2D eigenvalue weighted by Crippen LogP contribution is 2.32. The lowest BCUT2D eigenvalue weighted by molar-refractivity contribution is -0.137. The van der Waals surface area contributed by atoms with Crippen molar-refractivity contribution in [3.8, 4) is 0 Å². The number of hydrogen-bond acceptors (Lipinski definition) is 3. The van der Waals surface area contributed by atoms with Gasteiger partial charge in [0, 0.05) is 42.3 Å². The SMILES string of the molecule is Cc1nc2ccc(Cl)cc2cc1C(=O)N1CCN(c2cccc(C(F)(F)F)c2)CC1. The van der Waals surface area contributed by atoms with Gasteiger partial charge in [0.2, 0.25) is 0 Å². The summed E-state index contributed by atoms with van der Waals surface area (Å²) in [4.78, 5) is 21.1. The molecule has 1 saturated heterocycles. The molecule has 0 atom stereocenters. The molecule has 8 heteroatoms. The van der Waals surface area contributed by atoms with E-state index in [0.29, 0.717) is 48.1 Å². The number of aromatic nitrogens is 1. The number of benzene rings is 2. The number of halogens is 4. The average molecular weight is 434 g/mol. The van der Waals surface area contributed by atoms with Crippen LogP contribution >= 0.6 is 11.6 Å². The molecule has 0 spiro atoms. The number of alkyl halides is 3. The lowest BCUT2D eigenvalue weighted by Gasteiger charge is -2.36. The number of piperazine rings is 1. The third kappa shape index (κ3) is 4.07. The summed E-state index contributed by atoms with van der Waals surface area (Å²) in [6.07, 6.45) is -4.38. The van der Waals surface area contributed by atoms with Crippen LogP contribution in [0.15, 0.2) is 48.5 Å². The minimum absolute atomic E-state index is 0.134. The first-order chi connectivity index (χ1) is 14.2. The molecule has 1 aliphatic heterocycles. The summed E-state index contributed by atoms with van der Waals surface area (Å²) in [6, 6.07) is 12.4. The zero-order valence-corrected chi connectivity index (χ0v) is 17.0. The van der Waals surface area contributed by atoms with E-state index in [9.17, 15) is 18.0 Å². The Morgan fingerprint density at radius 3 is 2.47 bits per heavy atom. The van der Waals surface area contributed by atoms with E-state index in [1.165, 1.54) is 6.07 Å². The Bertz CT molecular complexity index is 1110. The molecule has 0 bridgehead atoms. The number of nitrogens with zero attached hydrogens (tertiary/aromatic N) is 3. The van der Waals surface area contributed by atoms with Crippen molar-refractivity contribution in [3.05, 3.63) is 70.4 Å². The molecular weight excluding hydrogens is 415 g/mol. The molecular formula is C22H19ClF3N3O. The third-order valence-corrected chi connectivity index (χ3v) is 5.54. The van der Waals surface area contributed by atoms with Crippen LogP contribution < -0.4 is 4.90 Å². The molecule has 0 unspecified atom stereocenters. The predicted octanol–water partition coefficient (Wildman–Crippen LogP) is 5.18. The van der Waals surface area contributed by atoms with E-state index in [-0.39, 0.29) is 5.91 Å². The van der Waals surface area contributed by atoms with Crippen molar-refractivity contribution in [1.29, 1.82) is 0 Å². The number of carbonyl (C=O) groups excluding carboxylic acids is 1. The van der Waals surface area contributed by atoms with E-state index in [2.05, 4.69) is 4.98 Å². The van der Waals surface area contributed by atoms with Gasteiger partial charge in [0.25, 0.3) is 5.91 Å². The molecule has 0 N–H and O–H groups in total. The Morgan fingerprint density at radius 1 is 1.03 bits per heavy atom. The molecule has 156 valence electrons. The first-order valence-corrected chi connectivity index (χ1v) is 9.88. The van der Waals surface area contributed by atoms with Gasteiger partial charge in [0.05, 0.1) is 22.3 Å². The lowest BCUT2D eigenvalue weighted by Crippen LogP contribution is -2.49. The molecule has 1 amide bonds. The largest absolute Gasteiger partial charge is 0.416 e. The van der Waals surface area contributed by atoms with Crippen LogP contribution in [0.1, 0.15) is 21.6 Å². The number of anilines is 1. The second-order valence-corrected chi connectivity index (χ2v) is 7.72. The van der Waals surface area contributed by atoms with E-state index in [1.54, 1.807) is 36.1 Å². The molecule has 1 aromatic heterocycles. The molecule has 4 rings (SSSR count). The van der Waals surface area contributed by atoms with Crippen LogP contribution in [0.5, 0.6) is 0 Å². The van der Waals surface area contributed by atoms with E-state index in [0.717, 1.165) is 23.0 Å². The monoisotopic (exact) mass is 433 g/mol. The number of rotatable bonds is 2. The zero-order valence-electron chi connectivity index (χ0n) is 16.2. The van der Waals surface area contributed by atoms with Crippen molar-refractivity contribution in [2.24, 2.45) is 0 Å². The summed E-state index contributed by atoms with van der Waals surface area (Å²) in [7, 11) is 0. The fourth-order valence-corrected chi connectivity index (χ4v) is 3.86.